The first-order chi connectivity index (χ1) is 12.5. The second kappa shape index (κ2) is 6.96. The Kier molecular flexibility index (Phi) is 5.13. The van der Waals surface area contributed by atoms with Gasteiger partial charge in [-0.15, -0.1) is 13.2 Å². The van der Waals surface area contributed by atoms with Crippen LogP contribution in [0.15, 0.2) is 0 Å². The van der Waals surface area contributed by atoms with Crippen molar-refractivity contribution >= 4 is 17.8 Å². The first-order valence-corrected chi connectivity index (χ1v) is 9.09. The highest BCUT2D eigenvalue weighted by molar-refractivity contribution is 5.90. The number of ketones is 1. The number of carbonyl (C=O) groups is 3. The standard InChI is InChI=1S/C17H23F3N2O5/c18-17(19,20)27-11-7-10(8-11)12(23)9-21-13(24)15-1-4-16(5-2-15,6-3-15)22-14(25)26/h10-11,22H,1-9H2,(H,21,24)(H,25,26). The molecule has 10 heteroatoms. The van der Waals surface area contributed by atoms with Crippen LogP contribution in [0.4, 0.5) is 18.0 Å². The highest BCUT2D eigenvalue weighted by Gasteiger charge is 2.53. The van der Waals surface area contributed by atoms with Crippen LogP contribution in [0.25, 0.3) is 0 Å². The summed E-state index contributed by atoms with van der Waals surface area (Å²) in [6.07, 6.45) is -3.30. The number of amides is 2. The smallest absolute Gasteiger partial charge is 0.465 e. The number of ether oxygens (including phenoxy) is 1. The van der Waals surface area contributed by atoms with Crippen LogP contribution in [0.1, 0.15) is 51.4 Å². The molecule has 0 aromatic carbocycles. The minimum atomic E-state index is -4.70. The number of rotatable bonds is 6. The Morgan fingerprint density at radius 2 is 1.59 bits per heavy atom. The number of Topliss-reactive ketones (excluding diaryl/α,β-unsaturated/α-hetero) is 1. The van der Waals surface area contributed by atoms with Crippen LogP contribution < -0.4 is 10.6 Å². The third kappa shape index (κ3) is 4.36. The van der Waals surface area contributed by atoms with E-state index >= 15 is 0 Å². The fraction of sp³-hybridized carbons (Fsp3) is 0.824. The summed E-state index contributed by atoms with van der Waals surface area (Å²) < 4.78 is 40.2. The Balaban J connectivity index is 1.43. The van der Waals surface area contributed by atoms with Crippen molar-refractivity contribution in [3.05, 3.63) is 0 Å². The normalized spacial score (nSPS) is 35.2. The van der Waals surface area contributed by atoms with Crippen LogP contribution in [-0.2, 0) is 14.3 Å². The van der Waals surface area contributed by atoms with Gasteiger partial charge in [0, 0.05) is 16.9 Å². The Bertz CT molecular complexity index is 606. The van der Waals surface area contributed by atoms with Gasteiger partial charge >= 0.3 is 12.5 Å². The molecule has 0 aromatic rings. The summed E-state index contributed by atoms with van der Waals surface area (Å²) in [5.74, 6) is -1.02. The van der Waals surface area contributed by atoms with Crippen LogP contribution in [0.5, 0.6) is 0 Å². The first kappa shape index (κ1) is 19.9. The van der Waals surface area contributed by atoms with E-state index in [0.29, 0.717) is 38.5 Å². The van der Waals surface area contributed by atoms with E-state index in [9.17, 15) is 27.6 Å². The molecule has 0 aromatic heterocycles. The fourth-order valence-corrected chi connectivity index (χ4v) is 4.55. The van der Waals surface area contributed by atoms with E-state index in [1.807, 2.05) is 0 Å². The molecule has 0 aliphatic heterocycles. The lowest BCUT2D eigenvalue weighted by molar-refractivity contribution is -0.353. The zero-order valence-electron chi connectivity index (χ0n) is 14.7. The van der Waals surface area contributed by atoms with E-state index in [0.717, 1.165) is 0 Å². The van der Waals surface area contributed by atoms with E-state index < -0.39 is 35.4 Å². The van der Waals surface area contributed by atoms with Crippen molar-refractivity contribution in [3.8, 4) is 0 Å². The molecule has 0 saturated heterocycles. The summed E-state index contributed by atoms with van der Waals surface area (Å²) in [6.45, 7) is -0.192. The van der Waals surface area contributed by atoms with Crippen molar-refractivity contribution in [1.29, 1.82) is 0 Å². The van der Waals surface area contributed by atoms with Crippen molar-refractivity contribution in [1.82, 2.24) is 10.6 Å². The second-order valence-corrected chi connectivity index (χ2v) is 7.99. The minimum absolute atomic E-state index is 0.0166. The Hall–Kier alpha value is -1.84. The molecule has 0 atom stereocenters. The summed E-state index contributed by atoms with van der Waals surface area (Å²) in [7, 11) is 0. The zero-order valence-corrected chi connectivity index (χ0v) is 14.7. The van der Waals surface area contributed by atoms with E-state index in [4.69, 9.17) is 5.11 Å². The van der Waals surface area contributed by atoms with Gasteiger partial charge in [-0.25, -0.2) is 4.79 Å². The van der Waals surface area contributed by atoms with Crippen molar-refractivity contribution in [2.75, 3.05) is 6.54 Å². The molecule has 0 radical (unpaired) electrons. The Morgan fingerprint density at radius 3 is 2.07 bits per heavy atom. The van der Waals surface area contributed by atoms with Gasteiger partial charge in [-0.1, -0.05) is 0 Å². The quantitative estimate of drug-likeness (QED) is 0.644. The summed E-state index contributed by atoms with van der Waals surface area (Å²) in [5.41, 5.74) is -1.03. The minimum Gasteiger partial charge on any atom is -0.465 e. The van der Waals surface area contributed by atoms with Gasteiger partial charge in [-0.3, -0.25) is 14.3 Å². The van der Waals surface area contributed by atoms with Gasteiger partial charge in [-0.2, -0.15) is 0 Å². The molecule has 4 fully saturated rings. The molecule has 27 heavy (non-hydrogen) atoms. The highest BCUT2D eigenvalue weighted by atomic mass is 19.4. The molecule has 2 bridgehead atoms. The number of halogens is 3. The highest BCUT2D eigenvalue weighted by Crippen LogP contribution is 2.52. The van der Waals surface area contributed by atoms with Crippen LogP contribution in [-0.4, -0.2) is 47.4 Å². The topological polar surface area (TPSA) is 105 Å². The van der Waals surface area contributed by atoms with Gasteiger partial charge in [0.25, 0.3) is 0 Å². The van der Waals surface area contributed by atoms with Gasteiger partial charge in [0.1, 0.15) is 0 Å². The maximum atomic E-state index is 12.6. The molecule has 0 spiro atoms. The lowest BCUT2D eigenvalue weighted by Crippen LogP contribution is -2.59. The van der Waals surface area contributed by atoms with Crippen molar-refractivity contribution in [2.45, 2.75) is 69.4 Å². The summed E-state index contributed by atoms with van der Waals surface area (Å²) in [4.78, 5) is 35.6. The molecule has 4 saturated carbocycles. The summed E-state index contributed by atoms with van der Waals surface area (Å²) in [6, 6.07) is 0. The van der Waals surface area contributed by atoms with Crippen molar-refractivity contribution < 1.29 is 37.4 Å². The molecule has 0 heterocycles. The van der Waals surface area contributed by atoms with Gasteiger partial charge < -0.3 is 15.7 Å². The first-order valence-electron chi connectivity index (χ1n) is 9.09. The molecule has 7 nitrogen and oxygen atoms in total. The zero-order chi connectivity index (χ0) is 19.9. The number of carbonyl (C=O) groups excluding carboxylic acids is 2. The molecule has 152 valence electrons. The van der Waals surface area contributed by atoms with Crippen LogP contribution in [0.2, 0.25) is 0 Å². The number of hydrogen-bond donors (Lipinski definition) is 3. The van der Waals surface area contributed by atoms with E-state index in [1.165, 1.54) is 0 Å². The maximum absolute atomic E-state index is 12.6. The Morgan fingerprint density at radius 1 is 1.04 bits per heavy atom. The van der Waals surface area contributed by atoms with E-state index in [1.54, 1.807) is 0 Å². The van der Waals surface area contributed by atoms with E-state index in [2.05, 4.69) is 15.4 Å². The number of carboxylic acid groups (broad SMARTS) is 1. The monoisotopic (exact) mass is 392 g/mol. The summed E-state index contributed by atoms with van der Waals surface area (Å²) in [5, 5.41) is 14.2. The van der Waals surface area contributed by atoms with Gasteiger partial charge in [-0.05, 0) is 51.4 Å². The van der Waals surface area contributed by atoms with Crippen molar-refractivity contribution in [2.24, 2.45) is 11.3 Å². The molecular formula is C17H23F3N2O5. The fourth-order valence-electron chi connectivity index (χ4n) is 4.55. The molecule has 0 unspecified atom stereocenters. The summed E-state index contributed by atoms with van der Waals surface area (Å²) >= 11 is 0. The van der Waals surface area contributed by atoms with Crippen LogP contribution in [0, 0.1) is 11.3 Å². The number of nitrogens with one attached hydrogen (secondary N) is 2. The average Bonchev–Trinajstić information content (AvgIpc) is 2.55. The van der Waals surface area contributed by atoms with Gasteiger partial charge in [0.2, 0.25) is 5.91 Å². The predicted octanol–water partition coefficient (Wildman–Crippen LogP) is 2.35. The van der Waals surface area contributed by atoms with Crippen molar-refractivity contribution in [3.63, 3.8) is 0 Å². The van der Waals surface area contributed by atoms with Crippen LogP contribution >= 0.6 is 0 Å². The SMILES string of the molecule is O=C(O)NC12CCC(C(=O)NCC(=O)C3CC(OC(F)(F)F)C3)(CC1)CC2. The molecular weight excluding hydrogens is 369 g/mol. The third-order valence-corrected chi connectivity index (χ3v) is 6.37. The Labute approximate surface area is 154 Å². The molecule has 2 amide bonds. The largest absolute Gasteiger partial charge is 0.522 e. The van der Waals surface area contributed by atoms with Gasteiger partial charge in [0.05, 0.1) is 12.6 Å². The third-order valence-electron chi connectivity index (χ3n) is 6.37. The number of fused-ring (bicyclic) bond motifs is 3. The predicted molar refractivity (Wildman–Crippen MR) is 85.7 cm³/mol. The lowest BCUT2D eigenvalue weighted by atomic mass is 9.57. The molecule has 4 aliphatic rings. The molecule has 4 aliphatic carbocycles. The maximum Gasteiger partial charge on any atom is 0.522 e. The average molecular weight is 392 g/mol. The molecule has 3 N–H and O–H groups in total. The number of alkyl halides is 3. The molecule has 4 rings (SSSR count). The lowest BCUT2D eigenvalue weighted by Gasteiger charge is -2.52. The van der Waals surface area contributed by atoms with Gasteiger partial charge in [0.15, 0.2) is 5.78 Å². The van der Waals surface area contributed by atoms with E-state index in [-0.39, 0.29) is 31.1 Å². The number of hydrogen-bond acceptors (Lipinski definition) is 4. The van der Waals surface area contributed by atoms with Crippen LogP contribution in [0.3, 0.4) is 0 Å². The second-order valence-electron chi connectivity index (χ2n) is 7.99.